The fourth-order valence-corrected chi connectivity index (χ4v) is 1.55. The molecule has 0 fully saturated rings. The molecule has 0 amide bonds. The van der Waals surface area contributed by atoms with E-state index in [-0.39, 0.29) is 11.6 Å². The van der Waals surface area contributed by atoms with Crippen LogP contribution in [0.3, 0.4) is 0 Å². The van der Waals surface area contributed by atoms with Crippen molar-refractivity contribution in [3.05, 3.63) is 44.2 Å². The number of hydrogen-bond donors (Lipinski definition) is 2. The molecule has 7 heteroatoms. The Bertz CT molecular complexity index is 533. The Balaban J connectivity index is 2.36. The van der Waals surface area contributed by atoms with Crippen LogP contribution in [0, 0.1) is 0 Å². The zero-order valence-electron chi connectivity index (χ0n) is 8.09. The van der Waals surface area contributed by atoms with Crippen molar-refractivity contribution in [2.75, 3.05) is 6.61 Å². The van der Waals surface area contributed by atoms with E-state index in [9.17, 15) is 9.59 Å². The molecule has 0 saturated carbocycles. The normalized spacial score (nSPS) is 23.9. The van der Waals surface area contributed by atoms with E-state index < -0.39 is 23.6 Å². The molecule has 1 aromatic rings. The van der Waals surface area contributed by atoms with Gasteiger partial charge in [0.15, 0.2) is 6.23 Å². The number of rotatable bonds is 2. The van der Waals surface area contributed by atoms with E-state index in [4.69, 9.17) is 21.4 Å². The highest BCUT2D eigenvalue weighted by Crippen LogP contribution is 2.19. The van der Waals surface area contributed by atoms with Crippen molar-refractivity contribution in [3.8, 4) is 0 Å². The van der Waals surface area contributed by atoms with Gasteiger partial charge in [-0.05, 0) is 6.08 Å². The highest BCUT2D eigenvalue weighted by molar-refractivity contribution is 6.30. The van der Waals surface area contributed by atoms with Gasteiger partial charge in [-0.2, -0.15) is 0 Å². The Morgan fingerprint density at radius 3 is 2.88 bits per heavy atom. The first kappa shape index (κ1) is 11.1. The highest BCUT2D eigenvalue weighted by atomic mass is 35.5. The van der Waals surface area contributed by atoms with Crippen LogP contribution in [0.5, 0.6) is 0 Å². The lowest BCUT2D eigenvalue weighted by molar-refractivity contribution is -0.0103. The van der Waals surface area contributed by atoms with E-state index in [1.807, 2.05) is 0 Å². The molecule has 0 saturated heterocycles. The summed E-state index contributed by atoms with van der Waals surface area (Å²) in [6.07, 6.45) is 3.35. The predicted octanol–water partition coefficient (Wildman–Crippen LogP) is -0.364. The second-order valence-corrected chi connectivity index (χ2v) is 3.68. The molecular formula is C9H9ClN2O4. The van der Waals surface area contributed by atoms with E-state index in [1.165, 1.54) is 6.20 Å². The number of H-pyrrole nitrogens is 1. The Kier molecular flexibility index (Phi) is 2.95. The van der Waals surface area contributed by atoms with E-state index in [2.05, 4.69) is 4.98 Å². The van der Waals surface area contributed by atoms with Gasteiger partial charge in [-0.25, -0.2) is 4.79 Å². The van der Waals surface area contributed by atoms with E-state index in [0.29, 0.717) is 0 Å². The van der Waals surface area contributed by atoms with Gasteiger partial charge in [-0.1, -0.05) is 17.7 Å². The predicted molar refractivity (Wildman–Crippen MR) is 56.5 cm³/mol. The van der Waals surface area contributed by atoms with Crippen LogP contribution in [0.25, 0.3) is 0 Å². The lowest BCUT2D eigenvalue weighted by atomic mass is 10.4. The maximum Gasteiger partial charge on any atom is 0.330 e. The molecule has 1 aliphatic rings. The van der Waals surface area contributed by atoms with Gasteiger partial charge in [0.25, 0.3) is 5.56 Å². The SMILES string of the molecule is O=c1[nH]c(=O)n(C2C=CC(CO)O2)cc1Cl. The first-order valence-corrected chi connectivity index (χ1v) is 4.95. The second kappa shape index (κ2) is 4.25. The second-order valence-electron chi connectivity index (χ2n) is 3.28. The summed E-state index contributed by atoms with van der Waals surface area (Å²) in [6, 6.07) is 0. The summed E-state index contributed by atoms with van der Waals surface area (Å²) in [7, 11) is 0. The number of ether oxygens (including phenoxy) is 1. The fraction of sp³-hybridized carbons (Fsp3) is 0.333. The first-order valence-electron chi connectivity index (χ1n) is 4.57. The molecular weight excluding hydrogens is 236 g/mol. The Morgan fingerprint density at radius 2 is 2.25 bits per heavy atom. The first-order chi connectivity index (χ1) is 7.61. The van der Waals surface area contributed by atoms with Crippen molar-refractivity contribution in [2.45, 2.75) is 12.3 Å². The molecule has 0 bridgehead atoms. The quantitative estimate of drug-likeness (QED) is 0.696. The maximum atomic E-state index is 11.4. The Morgan fingerprint density at radius 1 is 1.50 bits per heavy atom. The van der Waals surface area contributed by atoms with Crippen molar-refractivity contribution in [3.63, 3.8) is 0 Å². The minimum atomic E-state index is -0.654. The zero-order chi connectivity index (χ0) is 11.7. The van der Waals surface area contributed by atoms with Gasteiger partial charge in [0.05, 0.1) is 6.61 Å². The van der Waals surface area contributed by atoms with Crippen LogP contribution in [0.2, 0.25) is 5.02 Å². The average molecular weight is 245 g/mol. The fourth-order valence-electron chi connectivity index (χ4n) is 1.40. The number of hydrogen-bond acceptors (Lipinski definition) is 4. The standard InChI is InChI=1S/C9H9ClN2O4/c10-6-3-12(9(15)11-8(6)14)7-2-1-5(4-13)16-7/h1-3,5,7,13H,4H2,(H,11,14,15). The lowest BCUT2D eigenvalue weighted by Crippen LogP contribution is -2.32. The third-order valence-corrected chi connectivity index (χ3v) is 2.45. The monoisotopic (exact) mass is 244 g/mol. The molecule has 86 valence electrons. The minimum Gasteiger partial charge on any atom is -0.393 e. The smallest absolute Gasteiger partial charge is 0.330 e. The number of nitrogens with zero attached hydrogens (tertiary/aromatic N) is 1. The van der Waals surface area contributed by atoms with Gasteiger partial charge < -0.3 is 9.84 Å². The van der Waals surface area contributed by atoms with Gasteiger partial charge in [0.2, 0.25) is 0 Å². The van der Waals surface area contributed by atoms with Crippen molar-refractivity contribution >= 4 is 11.6 Å². The van der Waals surface area contributed by atoms with Gasteiger partial charge in [0, 0.05) is 6.20 Å². The molecule has 2 unspecified atom stereocenters. The number of halogens is 1. The zero-order valence-corrected chi connectivity index (χ0v) is 8.85. The molecule has 0 aromatic carbocycles. The maximum absolute atomic E-state index is 11.4. The average Bonchev–Trinajstić information content (AvgIpc) is 2.71. The minimum absolute atomic E-state index is 0.0935. The topological polar surface area (TPSA) is 84.3 Å². The van der Waals surface area contributed by atoms with Crippen molar-refractivity contribution in [1.29, 1.82) is 0 Å². The molecule has 16 heavy (non-hydrogen) atoms. The molecule has 1 aromatic heterocycles. The van der Waals surface area contributed by atoms with Crippen LogP contribution in [-0.2, 0) is 4.74 Å². The van der Waals surface area contributed by atoms with Crippen molar-refractivity contribution in [2.24, 2.45) is 0 Å². The molecule has 6 nitrogen and oxygen atoms in total. The number of aliphatic hydroxyl groups excluding tert-OH is 1. The molecule has 0 aliphatic carbocycles. The van der Waals surface area contributed by atoms with Crippen LogP contribution in [-0.4, -0.2) is 27.4 Å². The molecule has 2 N–H and O–H groups in total. The third-order valence-electron chi connectivity index (χ3n) is 2.18. The van der Waals surface area contributed by atoms with Gasteiger partial charge in [0.1, 0.15) is 11.1 Å². The molecule has 0 spiro atoms. The molecule has 1 aliphatic heterocycles. The molecule has 2 rings (SSSR count). The van der Waals surface area contributed by atoms with E-state index >= 15 is 0 Å². The molecule has 2 atom stereocenters. The van der Waals surface area contributed by atoms with Crippen LogP contribution in [0.1, 0.15) is 6.23 Å². The van der Waals surface area contributed by atoms with Crippen LogP contribution >= 0.6 is 11.6 Å². The molecule has 2 heterocycles. The largest absolute Gasteiger partial charge is 0.393 e. The summed E-state index contributed by atoms with van der Waals surface area (Å²) in [6.45, 7) is -0.168. The number of aromatic amines is 1. The Hall–Kier alpha value is -1.37. The van der Waals surface area contributed by atoms with E-state index in [1.54, 1.807) is 12.2 Å². The van der Waals surface area contributed by atoms with Crippen LogP contribution in [0.4, 0.5) is 0 Å². The van der Waals surface area contributed by atoms with Gasteiger partial charge >= 0.3 is 5.69 Å². The van der Waals surface area contributed by atoms with E-state index in [0.717, 1.165) is 4.57 Å². The summed E-state index contributed by atoms with van der Waals surface area (Å²) >= 11 is 5.60. The number of aromatic nitrogens is 2. The van der Waals surface area contributed by atoms with Crippen LogP contribution < -0.4 is 11.2 Å². The van der Waals surface area contributed by atoms with Crippen molar-refractivity contribution in [1.82, 2.24) is 9.55 Å². The summed E-state index contributed by atoms with van der Waals surface area (Å²) in [4.78, 5) is 24.5. The third kappa shape index (κ3) is 1.95. The van der Waals surface area contributed by atoms with Gasteiger partial charge in [-0.15, -0.1) is 0 Å². The van der Waals surface area contributed by atoms with Gasteiger partial charge in [-0.3, -0.25) is 14.3 Å². The number of aliphatic hydroxyl groups is 1. The van der Waals surface area contributed by atoms with Crippen molar-refractivity contribution < 1.29 is 9.84 Å². The summed E-state index contributed by atoms with van der Waals surface area (Å²) in [5.74, 6) is 0. The summed E-state index contributed by atoms with van der Waals surface area (Å²) < 4.78 is 6.44. The molecule has 0 radical (unpaired) electrons. The highest BCUT2D eigenvalue weighted by Gasteiger charge is 2.21. The summed E-state index contributed by atoms with van der Waals surface area (Å²) in [5, 5.41) is 8.76. The lowest BCUT2D eigenvalue weighted by Gasteiger charge is -2.14. The van der Waals surface area contributed by atoms with Crippen LogP contribution in [0.15, 0.2) is 27.9 Å². The number of nitrogens with one attached hydrogen (secondary N) is 1. The Labute approximate surface area is 94.7 Å². The summed E-state index contributed by atoms with van der Waals surface area (Å²) in [5.41, 5.74) is -1.24.